The van der Waals surface area contributed by atoms with E-state index in [0.29, 0.717) is 5.52 Å². The Labute approximate surface area is 133 Å². The summed E-state index contributed by atoms with van der Waals surface area (Å²) in [7, 11) is 1.54. The van der Waals surface area contributed by atoms with Gasteiger partial charge >= 0.3 is 12.0 Å². The van der Waals surface area contributed by atoms with E-state index in [1.807, 2.05) is 0 Å². The van der Waals surface area contributed by atoms with E-state index in [1.54, 1.807) is 19.2 Å². The minimum atomic E-state index is -4.88. The molecule has 0 aliphatic carbocycles. The summed E-state index contributed by atoms with van der Waals surface area (Å²) in [4.78, 5) is 16.5. The van der Waals surface area contributed by atoms with Crippen molar-refractivity contribution in [1.82, 2.24) is 4.98 Å². The number of ether oxygens (including phenoxy) is 1. The van der Waals surface area contributed by atoms with Gasteiger partial charge in [0, 0.05) is 18.8 Å². The second kappa shape index (κ2) is 5.88. The third kappa shape index (κ3) is 2.90. The third-order valence-electron chi connectivity index (χ3n) is 3.30. The van der Waals surface area contributed by atoms with E-state index in [1.165, 1.54) is 24.4 Å². The fourth-order valence-corrected chi connectivity index (χ4v) is 2.41. The van der Waals surface area contributed by atoms with Crippen LogP contribution in [0.3, 0.4) is 0 Å². The van der Waals surface area contributed by atoms with E-state index in [4.69, 9.17) is 4.42 Å². The number of para-hydroxylation sites is 1. The SMILES string of the molecule is CNc1c(-c2ccccc2OC(F)(F)F)c(=O)oc2cccnc12. The molecule has 0 spiro atoms. The Balaban J connectivity index is 2.31. The van der Waals surface area contributed by atoms with Gasteiger partial charge in [0.15, 0.2) is 5.58 Å². The molecule has 0 saturated carbocycles. The lowest BCUT2D eigenvalue weighted by molar-refractivity contribution is -0.274. The zero-order chi connectivity index (χ0) is 17.3. The first kappa shape index (κ1) is 15.9. The maximum Gasteiger partial charge on any atom is 0.573 e. The number of nitrogens with zero attached hydrogens (tertiary/aromatic N) is 1. The highest BCUT2D eigenvalue weighted by molar-refractivity contribution is 5.96. The van der Waals surface area contributed by atoms with E-state index in [-0.39, 0.29) is 22.4 Å². The van der Waals surface area contributed by atoms with Crippen molar-refractivity contribution in [3.63, 3.8) is 0 Å². The van der Waals surface area contributed by atoms with Crippen molar-refractivity contribution in [3.8, 4) is 16.9 Å². The largest absolute Gasteiger partial charge is 0.573 e. The van der Waals surface area contributed by atoms with E-state index >= 15 is 0 Å². The number of pyridine rings is 1. The van der Waals surface area contributed by atoms with E-state index in [9.17, 15) is 18.0 Å². The molecular weight excluding hydrogens is 325 g/mol. The van der Waals surface area contributed by atoms with Gasteiger partial charge in [0.25, 0.3) is 0 Å². The number of fused-ring (bicyclic) bond motifs is 1. The van der Waals surface area contributed by atoms with Gasteiger partial charge in [0.2, 0.25) is 0 Å². The number of aromatic nitrogens is 1. The zero-order valence-corrected chi connectivity index (χ0v) is 12.3. The Hall–Kier alpha value is -3.03. The van der Waals surface area contributed by atoms with Crippen molar-refractivity contribution in [2.75, 3.05) is 12.4 Å². The summed E-state index contributed by atoms with van der Waals surface area (Å²) in [6.07, 6.45) is -3.39. The second-order valence-electron chi connectivity index (χ2n) is 4.78. The lowest BCUT2D eigenvalue weighted by Crippen LogP contribution is -2.18. The summed E-state index contributed by atoms with van der Waals surface area (Å²) in [6.45, 7) is 0. The highest BCUT2D eigenvalue weighted by Gasteiger charge is 2.33. The fraction of sp³-hybridized carbons (Fsp3) is 0.125. The Morgan fingerprint density at radius 3 is 2.62 bits per heavy atom. The number of nitrogens with one attached hydrogen (secondary N) is 1. The van der Waals surface area contributed by atoms with Crippen molar-refractivity contribution in [2.45, 2.75) is 6.36 Å². The molecule has 0 aliphatic heterocycles. The van der Waals surface area contributed by atoms with Crippen LogP contribution in [-0.4, -0.2) is 18.4 Å². The molecule has 0 aliphatic rings. The average molecular weight is 336 g/mol. The van der Waals surface area contributed by atoms with E-state index in [0.717, 1.165) is 6.07 Å². The van der Waals surface area contributed by atoms with E-state index < -0.39 is 17.7 Å². The van der Waals surface area contributed by atoms with Crippen molar-refractivity contribution in [1.29, 1.82) is 0 Å². The Kier molecular flexibility index (Phi) is 3.88. The number of alkyl halides is 3. The van der Waals surface area contributed by atoms with Crippen molar-refractivity contribution >= 4 is 16.8 Å². The maximum atomic E-state index is 12.6. The number of halogens is 3. The predicted molar refractivity (Wildman–Crippen MR) is 81.9 cm³/mol. The predicted octanol–water partition coefficient (Wildman–Crippen LogP) is 3.80. The third-order valence-corrected chi connectivity index (χ3v) is 3.30. The zero-order valence-electron chi connectivity index (χ0n) is 12.3. The Bertz CT molecular complexity index is 951. The normalized spacial score (nSPS) is 11.5. The molecule has 0 unspecified atom stereocenters. The summed E-state index contributed by atoms with van der Waals surface area (Å²) in [6, 6.07) is 8.50. The molecule has 3 rings (SSSR count). The number of hydrogen-bond acceptors (Lipinski definition) is 5. The van der Waals surface area contributed by atoms with Crippen molar-refractivity contribution < 1.29 is 22.3 Å². The molecule has 24 heavy (non-hydrogen) atoms. The highest BCUT2D eigenvalue weighted by atomic mass is 19.4. The van der Waals surface area contributed by atoms with Gasteiger partial charge in [-0.15, -0.1) is 13.2 Å². The Morgan fingerprint density at radius 2 is 1.92 bits per heavy atom. The molecule has 0 fully saturated rings. The number of benzene rings is 1. The molecule has 0 amide bonds. The molecule has 8 heteroatoms. The van der Waals surface area contributed by atoms with Crippen molar-refractivity contribution in [2.24, 2.45) is 0 Å². The average Bonchev–Trinajstić information content (AvgIpc) is 2.53. The highest BCUT2D eigenvalue weighted by Crippen LogP contribution is 2.37. The van der Waals surface area contributed by atoms with Crippen LogP contribution in [-0.2, 0) is 0 Å². The summed E-state index contributed by atoms with van der Waals surface area (Å²) in [5, 5.41) is 2.81. The van der Waals surface area contributed by atoms with Crippen LogP contribution in [0.5, 0.6) is 5.75 Å². The van der Waals surface area contributed by atoms with Crippen LogP contribution in [0.25, 0.3) is 22.2 Å². The standard InChI is InChI=1S/C16H11F3N2O3/c1-20-14-12(15(22)23-11-7-4-8-21-13(11)14)9-5-2-3-6-10(9)24-16(17,18)19/h2-8,20H,1H3. The van der Waals surface area contributed by atoms with Crippen LogP contribution >= 0.6 is 0 Å². The smallest absolute Gasteiger partial charge is 0.420 e. The molecule has 0 atom stereocenters. The lowest BCUT2D eigenvalue weighted by Gasteiger charge is -2.15. The molecule has 2 aromatic heterocycles. The van der Waals surface area contributed by atoms with Gasteiger partial charge < -0.3 is 14.5 Å². The van der Waals surface area contributed by atoms with Gasteiger partial charge in [-0.3, -0.25) is 4.98 Å². The van der Waals surface area contributed by atoms with Gasteiger partial charge in [-0.2, -0.15) is 0 Å². The van der Waals surface area contributed by atoms with Gasteiger partial charge in [-0.25, -0.2) is 4.79 Å². The summed E-state index contributed by atoms with van der Waals surface area (Å²) >= 11 is 0. The van der Waals surface area contributed by atoms with Gasteiger partial charge in [-0.05, 0) is 18.2 Å². The molecule has 0 bridgehead atoms. The van der Waals surface area contributed by atoms with Crippen molar-refractivity contribution in [3.05, 3.63) is 53.0 Å². The molecule has 3 aromatic rings. The van der Waals surface area contributed by atoms with Crippen LogP contribution in [0.1, 0.15) is 0 Å². The molecule has 1 aromatic carbocycles. The van der Waals surface area contributed by atoms with Crippen LogP contribution in [0.4, 0.5) is 18.9 Å². The van der Waals surface area contributed by atoms with Gasteiger partial charge in [0.1, 0.15) is 11.3 Å². The first-order chi connectivity index (χ1) is 11.4. The maximum absolute atomic E-state index is 12.6. The molecule has 5 nitrogen and oxygen atoms in total. The first-order valence-electron chi connectivity index (χ1n) is 6.85. The molecule has 0 radical (unpaired) electrons. The topological polar surface area (TPSA) is 64.4 Å². The molecule has 0 saturated heterocycles. The minimum absolute atomic E-state index is 0.0412. The van der Waals surface area contributed by atoms with E-state index in [2.05, 4.69) is 15.0 Å². The number of anilines is 1. The molecule has 1 N–H and O–H groups in total. The number of rotatable bonds is 3. The van der Waals surface area contributed by atoms with Crippen LogP contribution in [0.15, 0.2) is 51.8 Å². The number of hydrogen-bond donors (Lipinski definition) is 1. The van der Waals surface area contributed by atoms with Crippen LogP contribution < -0.4 is 15.7 Å². The summed E-state index contributed by atoms with van der Waals surface area (Å²) in [5.41, 5.74) is -0.0941. The first-order valence-corrected chi connectivity index (χ1v) is 6.85. The summed E-state index contributed by atoms with van der Waals surface area (Å²) < 4.78 is 47.1. The van der Waals surface area contributed by atoms with Gasteiger partial charge in [-0.1, -0.05) is 18.2 Å². The van der Waals surface area contributed by atoms with Crippen LogP contribution in [0.2, 0.25) is 0 Å². The minimum Gasteiger partial charge on any atom is -0.420 e. The van der Waals surface area contributed by atoms with Crippen LogP contribution in [0, 0.1) is 0 Å². The fourth-order valence-electron chi connectivity index (χ4n) is 2.41. The quantitative estimate of drug-likeness (QED) is 0.788. The summed E-state index contributed by atoms with van der Waals surface area (Å²) in [5.74, 6) is -0.496. The Morgan fingerprint density at radius 1 is 1.17 bits per heavy atom. The monoisotopic (exact) mass is 336 g/mol. The van der Waals surface area contributed by atoms with Gasteiger partial charge in [0.05, 0.1) is 11.3 Å². The molecular formula is C16H11F3N2O3. The molecule has 124 valence electrons. The molecule has 2 heterocycles. The second-order valence-corrected chi connectivity index (χ2v) is 4.78. The lowest BCUT2D eigenvalue weighted by atomic mass is 10.0.